The molecular formula is C38H71NO3. The maximum Gasteiger partial charge on any atom is 0.220 e. The first-order valence-corrected chi connectivity index (χ1v) is 18.2. The van der Waals surface area contributed by atoms with Crippen LogP contribution in [0.1, 0.15) is 181 Å². The first-order chi connectivity index (χ1) is 20.7. The lowest BCUT2D eigenvalue weighted by atomic mass is 10.0. The molecule has 0 radical (unpaired) electrons. The van der Waals surface area contributed by atoms with Crippen molar-refractivity contribution in [3.63, 3.8) is 0 Å². The lowest BCUT2D eigenvalue weighted by Crippen LogP contribution is -2.45. The molecule has 0 heterocycles. The number of unbranched alkanes of at least 4 members (excludes halogenated alkanes) is 19. The van der Waals surface area contributed by atoms with Crippen LogP contribution in [0.15, 0.2) is 36.5 Å². The van der Waals surface area contributed by atoms with Gasteiger partial charge >= 0.3 is 0 Å². The van der Waals surface area contributed by atoms with Gasteiger partial charge < -0.3 is 15.5 Å². The topological polar surface area (TPSA) is 69.6 Å². The second-order valence-corrected chi connectivity index (χ2v) is 12.3. The minimum Gasteiger partial charge on any atom is -0.394 e. The molecule has 0 rings (SSSR count). The SMILES string of the molecule is CCCCCCC/C=C\C/C=C\C/C=C\CCCCCCCCCCCCC(=O)NC(CO)C(O)CCCCCCC. The van der Waals surface area contributed by atoms with Gasteiger partial charge in [0.25, 0.3) is 0 Å². The monoisotopic (exact) mass is 590 g/mol. The summed E-state index contributed by atoms with van der Waals surface area (Å²) in [5, 5.41) is 22.7. The minimum absolute atomic E-state index is 0.0445. The van der Waals surface area contributed by atoms with E-state index in [0.29, 0.717) is 12.8 Å². The molecule has 246 valence electrons. The molecule has 0 bridgehead atoms. The zero-order chi connectivity index (χ0) is 30.8. The third-order valence-electron chi connectivity index (χ3n) is 8.15. The van der Waals surface area contributed by atoms with Crippen molar-refractivity contribution >= 4 is 5.91 Å². The van der Waals surface area contributed by atoms with Crippen LogP contribution in [0.25, 0.3) is 0 Å². The maximum absolute atomic E-state index is 12.2. The molecule has 2 unspecified atom stereocenters. The number of amides is 1. The molecule has 2 atom stereocenters. The quantitative estimate of drug-likeness (QED) is 0.0540. The van der Waals surface area contributed by atoms with Crippen LogP contribution in [-0.2, 0) is 4.79 Å². The highest BCUT2D eigenvalue weighted by Gasteiger charge is 2.19. The van der Waals surface area contributed by atoms with Gasteiger partial charge in [-0.2, -0.15) is 0 Å². The van der Waals surface area contributed by atoms with Crippen molar-refractivity contribution in [2.45, 2.75) is 193 Å². The predicted octanol–water partition coefficient (Wildman–Crippen LogP) is 10.7. The molecular weight excluding hydrogens is 518 g/mol. The summed E-state index contributed by atoms with van der Waals surface area (Å²) in [5.41, 5.74) is 0. The summed E-state index contributed by atoms with van der Waals surface area (Å²) in [5.74, 6) is -0.0445. The maximum atomic E-state index is 12.2. The summed E-state index contributed by atoms with van der Waals surface area (Å²) >= 11 is 0. The molecule has 0 saturated carbocycles. The molecule has 0 fully saturated rings. The molecule has 0 aromatic heterocycles. The summed E-state index contributed by atoms with van der Waals surface area (Å²) in [6.45, 7) is 4.25. The predicted molar refractivity (Wildman–Crippen MR) is 184 cm³/mol. The van der Waals surface area contributed by atoms with E-state index >= 15 is 0 Å². The van der Waals surface area contributed by atoms with E-state index < -0.39 is 12.1 Å². The van der Waals surface area contributed by atoms with E-state index in [9.17, 15) is 15.0 Å². The van der Waals surface area contributed by atoms with Crippen molar-refractivity contribution < 1.29 is 15.0 Å². The molecule has 42 heavy (non-hydrogen) atoms. The van der Waals surface area contributed by atoms with E-state index in [2.05, 4.69) is 55.6 Å². The Balaban J connectivity index is 3.48. The fourth-order valence-electron chi connectivity index (χ4n) is 5.31. The van der Waals surface area contributed by atoms with Gasteiger partial charge in [0.15, 0.2) is 0 Å². The fraction of sp³-hybridized carbons (Fsp3) is 0.816. The van der Waals surface area contributed by atoms with Crippen molar-refractivity contribution in [2.24, 2.45) is 0 Å². The van der Waals surface area contributed by atoms with Crippen LogP contribution in [0, 0.1) is 0 Å². The Kier molecular flexibility index (Phi) is 33.0. The summed E-state index contributed by atoms with van der Waals surface area (Å²) in [7, 11) is 0. The highest BCUT2D eigenvalue weighted by atomic mass is 16.3. The number of aliphatic hydroxyl groups is 2. The van der Waals surface area contributed by atoms with E-state index in [-0.39, 0.29) is 12.5 Å². The van der Waals surface area contributed by atoms with Gasteiger partial charge in [-0.3, -0.25) is 4.79 Å². The van der Waals surface area contributed by atoms with Crippen molar-refractivity contribution in [2.75, 3.05) is 6.61 Å². The molecule has 0 spiro atoms. The number of carbonyl (C=O) groups excluding carboxylic acids is 1. The zero-order valence-corrected chi connectivity index (χ0v) is 28.0. The van der Waals surface area contributed by atoms with Gasteiger partial charge in [0.2, 0.25) is 5.91 Å². The van der Waals surface area contributed by atoms with Crippen LogP contribution in [0.2, 0.25) is 0 Å². The van der Waals surface area contributed by atoms with Crippen molar-refractivity contribution in [3.05, 3.63) is 36.5 Å². The van der Waals surface area contributed by atoms with Crippen LogP contribution < -0.4 is 5.32 Å². The molecule has 0 aliphatic carbocycles. The minimum atomic E-state index is -0.656. The smallest absolute Gasteiger partial charge is 0.220 e. The lowest BCUT2D eigenvalue weighted by Gasteiger charge is -2.22. The molecule has 1 amide bonds. The fourth-order valence-corrected chi connectivity index (χ4v) is 5.31. The Labute approximate surface area is 261 Å². The Bertz CT molecular complexity index is 642. The van der Waals surface area contributed by atoms with Gasteiger partial charge in [0, 0.05) is 6.42 Å². The average molecular weight is 590 g/mol. The number of hydrogen-bond acceptors (Lipinski definition) is 3. The van der Waals surface area contributed by atoms with Gasteiger partial charge in [-0.25, -0.2) is 0 Å². The Morgan fingerprint density at radius 1 is 0.571 bits per heavy atom. The van der Waals surface area contributed by atoms with Crippen LogP contribution in [0.5, 0.6) is 0 Å². The Morgan fingerprint density at radius 3 is 1.45 bits per heavy atom. The van der Waals surface area contributed by atoms with Crippen molar-refractivity contribution in [3.8, 4) is 0 Å². The molecule has 0 saturated heterocycles. The number of rotatable bonds is 32. The number of aliphatic hydroxyl groups excluding tert-OH is 2. The van der Waals surface area contributed by atoms with E-state index in [4.69, 9.17) is 0 Å². The summed E-state index contributed by atoms with van der Waals surface area (Å²) in [6, 6.07) is -0.533. The van der Waals surface area contributed by atoms with Crippen LogP contribution in [-0.4, -0.2) is 34.9 Å². The number of hydrogen-bond donors (Lipinski definition) is 3. The van der Waals surface area contributed by atoms with E-state index in [0.717, 1.165) is 38.5 Å². The van der Waals surface area contributed by atoms with Gasteiger partial charge in [0.05, 0.1) is 18.8 Å². The molecule has 0 aromatic rings. The van der Waals surface area contributed by atoms with Gasteiger partial charge in [-0.05, 0) is 51.4 Å². The number of carbonyl (C=O) groups is 1. The molecule has 0 aliphatic heterocycles. The first-order valence-electron chi connectivity index (χ1n) is 18.2. The number of allylic oxidation sites excluding steroid dienone is 6. The molecule has 4 nitrogen and oxygen atoms in total. The zero-order valence-electron chi connectivity index (χ0n) is 28.0. The summed E-state index contributed by atoms with van der Waals surface area (Å²) in [6.07, 6.45) is 43.7. The lowest BCUT2D eigenvalue weighted by molar-refractivity contribution is -0.123. The van der Waals surface area contributed by atoms with E-state index in [1.165, 1.54) is 116 Å². The molecule has 0 aromatic carbocycles. The van der Waals surface area contributed by atoms with E-state index in [1.54, 1.807) is 0 Å². The first kappa shape index (κ1) is 40.6. The molecule has 0 aliphatic rings. The van der Waals surface area contributed by atoms with Gasteiger partial charge in [-0.15, -0.1) is 0 Å². The highest BCUT2D eigenvalue weighted by molar-refractivity contribution is 5.76. The van der Waals surface area contributed by atoms with Gasteiger partial charge in [0.1, 0.15) is 0 Å². The Morgan fingerprint density at radius 2 is 0.976 bits per heavy atom. The van der Waals surface area contributed by atoms with Gasteiger partial charge in [-0.1, -0.05) is 159 Å². The second-order valence-electron chi connectivity index (χ2n) is 12.3. The largest absolute Gasteiger partial charge is 0.394 e. The Hall–Kier alpha value is -1.39. The van der Waals surface area contributed by atoms with Crippen LogP contribution in [0.4, 0.5) is 0 Å². The second kappa shape index (κ2) is 34.1. The van der Waals surface area contributed by atoms with Crippen LogP contribution in [0.3, 0.4) is 0 Å². The summed E-state index contributed by atoms with van der Waals surface area (Å²) < 4.78 is 0. The van der Waals surface area contributed by atoms with Crippen LogP contribution >= 0.6 is 0 Å². The van der Waals surface area contributed by atoms with Crippen molar-refractivity contribution in [1.82, 2.24) is 5.32 Å². The van der Waals surface area contributed by atoms with E-state index in [1.807, 2.05) is 0 Å². The standard InChI is InChI=1S/C38H71NO3/c1-3-5-7-9-10-11-12-13-14-15-16-17-18-19-20-21-22-23-24-25-26-27-28-30-32-34-38(42)39-36(35-40)37(41)33-31-29-8-6-4-2/h12-13,15-16,18-19,36-37,40-41H,3-11,14,17,20-35H2,1-2H3,(H,39,42)/b13-12-,16-15-,19-18-. The third kappa shape index (κ3) is 30.1. The molecule has 4 heteroatoms. The third-order valence-corrected chi connectivity index (χ3v) is 8.15. The van der Waals surface area contributed by atoms with Crippen molar-refractivity contribution in [1.29, 1.82) is 0 Å². The average Bonchev–Trinajstić information content (AvgIpc) is 2.99. The highest BCUT2D eigenvalue weighted by Crippen LogP contribution is 2.13. The molecule has 3 N–H and O–H groups in total. The normalized spacial score (nSPS) is 13.5. The summed E-state index contributed by atoms with van der Waals surface area (Å²) in [4.78, 5) is 12.2. The number of nitrogens with one attached hydrogen (secondary N) is 1.